The van der Waals surface area contributed by atoms with Crippen molar-refractivity contribution in [3.63, 3.8) is 0 Å². The normalized spacial score (nSPS) is 10.8. The molecule has 78 valence electrons. The molecule has 2 N–H and O–H groups in total. The van der Waals surface area contributed by atoms with Gasteiger partial charge in [0, 0.05) is 23.6 Å². The third-order valence-corrected chi connectivity index (χ3v) is 2.57. The van der Waals surface area contributed by atoms with E-state index < -0.39 is 0 Å². The van der Waals surface area contributed by atoms with Gasteiger partial charge in [-0.05, 0) is 24.3 Å². The lowest BCUT2D eigenvalue weighted by atomic mass is 10.1. The van der Waals surface area contributed by atoms with Gasteiger partial charge < -0.3 is 10.1 Å². The summed E-state index contributed by atoms with van der Waals surface area (Å²) in [5, 5.41) is 0. The first-order valence-electron chi connectivity index (χ1n) is 5.12. The van der Waals surface area contributed by atoms with Crippen LogP contribution in [0.3, 0.4) is 0 Å². The fraction of sp³-hybridized carbons (Fsp3) is 0. The number of nitrogens with two attached hydrogens (primary N) is 1. The Morgan fingerprint density at radius 1 is 1.00 bits per heavy atom. The van der Waals surface area contributed by atoms with E-state index >= 15 is 0 Å². The van der Waals surface area contributed by atoms with Crippen LogP contribution in [0.25, 0.3) is 16.9 Å². The van der Waals surface area contributed by atoms with Crippen LogP contribution in [0.15, 0.2) is 54.9 Å². The third kappa shape index (κ3) is 1.42. The maximum atomic E-state index is 5.65. The van der Waals surface area contributed by atoms with Crippen molar-refractivity contribution in [2.24, 2.45) is 0 Å². The summed E-state index contributed by atoms with van der Waals surface area (Å²) in [4.78, 5) is 4.53. The van der Waals surface area contributed by atoms with Crippen LogP contribution in [0, 0.1) is 0 Å². The van der Waals surface area contributed by atoms with Crippen molar-refractivity contribution in [1.29, 1.82) is 0 Å². The first kappa shape index (κ1) is 8.97. The number of hydrogen-bond acceptors (Lipinski definition) is 2. The smallest absolute Gasteiger partial charge is 0.137 e. The number of anilines is 1. The quantitative estimate of drug-likeness (QED) is 0.626. The molecule has 0 saturated heterocycles. The van der Waals surface area contributed by atoms with Gasteiger partial charge in [-0.2, -0.15) is 0 Å². The summed E-state index contributed by atoms with van der Waals surface area (Å²) >= 11 is 0. The summed E-state index contributed by atoms with van der Waals surface area (Å²) in [5.74, 6) is 0. The molecule has 0 aliphatic heterocycles. The Hall–Kier alpha value is -2.29. The molecular weight excluding hydrogens is 198 g/mol. The minimum Gasteiger partial charge on any atom is -0.399 e. The summed E-state index contributed by atoms with van der Waals surface area (Å²) in [6.45, 7) is 0. The number of hydrogen-bond donors (Lipinski definition) is 1. The second-order valence-electron chi connectivity index (χ2n) is 3.71. The standard InChI is InChI=1S/C13H11N3/c14-11-6-4-10(5-7-11)12-9-16-8-2-1-3-13(16)15-12/h1-9H,14H2. The highest BCUT2D eigenvalue weighted by Crippen LogP contribution is 2.19. The SMILES string of the molecule is Nc1ccc(-c2cn3ccccc3n2)cc1. The minimum atomic E-state index is 0.771. The van der Waals surface area contributed by atoms with Crippen molar-refractivity contribution < 1.29 is 0 Å². The Kier molecular flexibility index (Phi) is 1.90. The number of nitrogens with zero attached hydrogens (tertiary/aromatic N) is 2. The van der Waals surface area contributed by atoms with E-state index in [9.17, 15) is 0 Å². The number of imidazole rings is 1. The van der Waals surface area contributed by atoms with Gasteiger partial charge in [0.15, 0.2) is 0 Å². The largest absolute Gasteiger partial charge is 0.399 e. The summed E-state index contributed by atoms with van der Waals surface area (Å²) < 4.78 is 2.01. The lowest BCUT2D eigenvalue weighted by molar-refractivity contribution is 1.19. The van der Waals surface area contributed by atoms with E-state index in [1.807, 2.05) is 59.3 Å². The fourth-order valence-electron chi connectivity index (χ4n) is 1.73. The van der Waals surface area contributed by atoms with Crippen LogP contribution >= 0.6 is 0 Å². The predicted octanol–water partition coefficient (Wildman–Crippen LogP) is 2.58. The second kappa shape index (κ2) is 3.38. The van der Waals surface area contributed by atoms with Gasteiger partial charge >= 0.3 is 0 Å². The molecule has 3 rings (SSSR count). The second-order valence-corrected chi connectivity index (χ2v) is 3.71. The highest BCUT2D eigenvalue weighted by molar-refractivity contribution is 5.64. The van der Waals surface area contributed by atoms with Crippen LogP contribution in [0.5, 0.6) is 0 Å². The monoisotopic (exact) mass is 209 g/mol. The van der Waals surface area contributed by atoms with Crippen LogP contribution in [0.2, 0.25) is 0 Å². The lowest BCUT2D eigenvalue weighted by Crippen LogP contribution is -1.83. The average Bonchev–Trinajstić information content (AvgIpc) is 2.73. The number of nitrogen functional groups attached to an aromatic ring is 1. The topological polar surface area (TPSA) is 43.3 Å². The van der Waals surface area contributed by atoms with Crippen molar-refractivity contribution in [2.45, 2.75) is 0 Å². The minimum absolute atomic E-state index is 0.771. The summed E-state index contributed by atoms with van der Waals surface area (Å²) in [5.41, 5.74) is 9.42. The summed E-state index contributed by atoms with van der Waals surface area (Å²) in [7, 11) is 0. The number of aromatic nitrogens is 2. The molecule has 0 radical (unpaired) electrons. The van der Waals surface area contributed by atoms with Gasteiger partial charge in [0.25, 0.3) is 0 Å². The van der Waals surface area contributed by atoms with Crippen LogP contribution in [-0.2, 0) is 0 Å². The average molecular weight is 209 g/mol. The molecule has 0 amide bonds. The van der Waals surface area contributed by atoms with Crippen molar-refractivity contribution >= 4 is 11.3 Å². The number of pyridine rings is 1. The van der Waals surface area contributed by atoms with E-state index in [-0.39, 0.29) is 0 Å². The molecule has 3 nitrogen and oxygen atoms in total. The van der Waals surface area contributed by atoms with Gasteiger partial charge in [-0.3, -0.25) is 0 Å². The van der Waals surface area contributed by atoms with Crippen LogP contribution < -0.4 is 5.73 Å². The third-order valence-electron chi connectivity index (χ3n) is 2.57. The molecule has 0 atom stereocenters. The molecule has 0 aliphatic rings. The molecule has 0 saturated carbocycles. The molecule has 0 fully saturated rings. The van der Waals surface area contributed by atoms with Crippen LogP contribution in [0.1, 0.15) is 0 Å². The molecule has 1 aromatic carbocycles. The van der Waals surface area contributed by atoms with Gasteiger partial charge in [0.2, 0.25) is 0 Å². The Morgan fingerprint density at radius 3 is 2.56 bits per heavy atom. The first-order chi connectivity index (χ1) is 7.83. The molecule has 2 heterocycles. The number of fused-ring (bicyclic) bond motifs is 1. The molecule has 3 heteroatoms. The van der Waals surface area contributed by atoms with Gasteiger partial charge in [-0.15, -0.1) is 0 Å². The fourth-order valence-corrected chi connectivity index (χ4v) is 1.73. The molecule has 3 aromatic rings. The zero-order chi connectivity index (χ0) is 11.0. The van der Waals surface area contributed by atoms with E-state index in [0.29, 0.717) is 0 Å². The highest BCUT2D eigenvalue weighted by atomic mass is 15.0. The number of benzene rings is 1. The van der Waals surface area contributed by atoms with Crippen LogP contribution in [-0.4, -0.2) is 9.38 Å². The Labute approximate surface area is 93.2 Å². The van der Waals surface area contributed by atoms with Gasteiger partial charge in [-0.1, -0.05) is 18.2 Å². The van der Waals surface area contributed by atoms with Crippen molar-refractivity contribution in [3.8, 4) is 11.3 Å². The van der Waals surface area contributed by atoms with Gasteiger partial charge in [0.05, 0.1) is 5.69 Å². The Morgan fingerprint density at radius 2 is 1.81 bits per heavy atom. The van der Waals surface area contributed by atoms with E-state index in [4.69, 9.17) is 5.73 Å². The van der Waals surface area contributed by atoms with E-state index in [0.717, 1.165) is 22.6 Å². The lowest BCUT2D eigenvalue weighted by Gasteiger charge is -1.96. The molecule has 0 bridgehead atoms. The maximum absolute atomic E-state index is 5.65. The molecule has 0 unspecified atom stereocenters. The zero-order valence-corrected chi connectivity index (χ0v) is 8.67. The zero-order valence-electron chi connectivity index (χ0n) is 8.67. The number of rotatable bonds is 1. The molecule has 0 aliphatic carbocycles. The van der Waals surface area contributed by atoms with Crippen molar-refractivity contribution in [2.75, 3.05) is 5.73 Å². The molecular formula is C13H11N3. The molecule has 16 heavy (non-hydrogen) atoms. The van der Waals surface area contributed by atoms with Crippen molar-refractivity contribution in [1.82, 2.24) is 9.38 Å². The summed E-state index contributed by atoms with van der Waals surface area (Å²) in [6, 6.07) is 13.7. The van der Waals surface area contributed by atoms with E-state index in [1.165, 1.54) is 0 Å². The first-order valence-corrected chi connectivity index (χ1v) is 5.12. The van der Waals surface area contributed by atoms with E-state index in [1.54, 1.807) is 0 Å². The van der Waals surface area contributed by atoms with Gasteiger partial charge in [0.1, 0.15) is 5.65 Å². The highest BCUT2D eigenvalue weighted by Gasteiger charge is 2.02. The Balaban J connectivity index is 2.15. The van der Waals surface area contributed by atoms with Gasteiger partial charge in [-0.25, -0.2) is 4.98 Å². The molecule has 0 spiro atoms. The summed E-state index contributed by atoms with van der Waals surface area (Å²) in [6.07, 6.45) is 4.00. The van der Waals surface area contributed by atoms with Crippen molar-refractivity contribution in [3.05, 3.63) is 54.9 Å². The molecule has 2 aromatic heterocycles. The Bertz CT molecular complexity index is 590. The van der Waals surface area contributed by atoms with E-state index in [2.05, 4.69) is 4.98 Å². The maximum Gasteiger partial charge on any atom is 0.137 e. The predicted molar refractivity (Wildman–Crippen MR) is 65.0 cm³/mol. The van der Waals surface area contributed by atoms with Crippen LogP contribution in [0.4, 0.5) is 5.69 Å².